The van der Waals surface area contributed by atoms with Crippen molar-refractivity contribution in [1.29, 1.82) is 0 Å². The Balaban J connectivity index is 1.57. The highest BCUT2D eigenvalue weighted by Crippen LogP contribution is 2.12. The number of aromatic nitrogens is 2. The van der Waals surface area contributed by atoms with Crippen molar-refractivity contribution in [1.82, 2.24) is 14.7 Å². The fourth-order valence-electron chi connectivity index (χ4n) is 2.56. The van der Waals surface area contributed by atoms with Crippen LogP contribution in [0.4, 0.5) is 0 Å². The van der Waals surface area contributed by atoms with Crippen molar-refractivity contribution in [3.8, 4) is 0 Å². The Hall–Kier alpha value is -2.66. The molecule has 0 atom stereocenters. The van der Waals surface area contributed by atoms with E-state index in [2.05, 4.69) is 33.2 Å². The van der Waals surface area contributed by atoms with Crippen LogP contribution in [0.3, 0.4) is 0 Å². The first-order valence-corrected chi connectivity index (χ1v) is 9.13. The lowest BCUT2D eigenvalue weighted by atomic mass is 10.2. The van der Waals surface area contributed by atoms with Gasteiger partial charge in [-0.15, -0.1) is 0 Å². The molecule has 1 amide bonds. The number of rotatable bonds is 6. The van der Waals surface area contributed by atoms with Gasteiger partial charge in [0, 0.05) is 35.9 Å². The molecule has 2 aromatic carbocycles. The molecular formula is C21H20BrN3O. The van der Waals surface area contributed by atoms with E-state index in [4.69, 9.17) is 0 Å². The first-order valence-electron chi connectivity index (χ1n) is 8.34. The van der Waals surface area contributed by atoms with Crippen molar-refractivity contribution in [2.45, 2.75) is 13.1 Å². The second kappa shape index (κ2) is 8.63. The van der Waals surface area contributed by atoms with E-state index in [0.29, 0.717) is 13.1 Å². The van der Waals surface area contributed by atoms with Crippen molar-refractivity contribution < 1.29 is 4.79 Å². The maximum Gasteiger partial charge on any atom is 0.246 e. The highest BCUT2D eigenvalue weighted by Gasteiger charge is 2.06. The molecule has 0 aliphatic carbocycles. The summed E-state index contributed by atoms with van der Waals surface area (Å²) in [4.78, 5) is 14.0. The van der Waals surface area contributed by atoms with Gasteiger partial charge in [0.05, 0.1) is 12.7 Å². The second-order valence-electron chi connectivity index (χ2n) is 6.11. The van der Waals surface area contributed by atoms with E-state index in [9.17, 15) is 4.79 Å². The quantitative estimate of drug-likeness (QED) is 0.567. The standard InChI is InChI=1S/C21H20BrN3O/c1-24(14-18-7-10-20(22)11-8-18)21(26)12-9-19-13-23-25(16-19)15-17-5-3-2-4-6-17/h2-13,16H,14-15H2,1H3/b12-9+. The molecule has 0 fully saturated rings. The van der Waals surface area contributed by atoms with Crippen LogP contribution in [0.1, 0.15) is 16.7 Å². The molecule has 0 bridgehead atoms. The van der Waals surface area contributed by atoms with Gasteiger partial charge in [-0.05, 0) is 29.3 Å². The average molecular weight is 410 g/mol. The summed E-state index contributed by atoms with van der Waals surface area (Å²) in [6.07, 6.45) is 7.09. The predicted molar refractivity (Wildman–Crippen MR) is 107 cm³/mol. The summed E-state index contributed by atoms with van der Waals surface area (Å²) in [5.41, 5.74) is 3.19. The third-order valence-electron chi connectivity index (χ3n) is 3.97. The lowest BCUT2D eigenvalue weighted by Crippen LogP contribution is -2.24. The van der Waals surface area contributed by atoms with Gasteiger partial charge < -0.3 is 4.90 Å². The van der Waals surface area contributed by atoms with E-state index in [1.54, 1.807) is 30.3 Å². The van der Waals surface area contributed by atoms with Crippen molar-refractivity contribution in [3.63, 3.8) is 0 Å². The molecule has 0 N–H and O–H groups in total. The van der Waals surface area contributed by atoms with Gasteiger partial charge in [0.15, 0.2) is 0 Å². The SMILES string of the molecule is CN(Cc1ccc(Br)cc1)C(=O)/C=C/c1cnn(Cc2ccccc2)c1. The van der Waals surface area contributed by atoms with Crippen molar-refractivity contribution in [2.75, 3.05) is 7.05 Å². The Morgan fingerprint density at radius 2 is 1.85 bits per heavy atom. The number of halogens is 1. The van der Waals surface area contributed by atoms with Crippen LogP contribution in [0.2, 0.25) is 0 Å². The van der Waals surface area contributed by atoms with Crippen LogP contribution in [0.15, 0.2) is 77.5 Å². The minimum Gasteiger partial charge on any atom is -0.338 e. The van der Waals surface area contributed by atoms with Crippen LogP contribution in [0.5, 0.6) is 0 Å². The largest absolute Gasteiger partial charge is 0.338 e. The number of likely N-dealkylation sites (N-methyl/N-ethyl adjacent to an activating group) is 1. The average Bonchev–Trinajstić information content (AvgIpc) is 3.09. The van der Waals surface area contributed by atoms with Gasteiger partial charge in [0.25, 0.3) is 0 Å². The first kappa shape index (κ1) is 18.1. The van der Waals surface area contributed by atoms with E-state index < -0.39 is 0 Å². The zero-order valence-corrected chi connectivity index (χ0v) is 16.1. The Kier molecular flexibility index (Phi) is 6.02. The number of hydrogen-bond donors (Lipinski definition) is 0. The van der Waals surface area contributed by atoms with Crippen molar-refractivity contribution in [3.05, 3.63) is 94.2 Å². The van der Waals surface area contributed by atoms with Crippen LogP contribution >= 0.6 is 15.9 Å². The van der Waals surface area contributed by atoms with Gasteiger partial charge in [-0.2, -0.15) is 5.10 Å². The molecule has 1 aromatic heterocycles. The third-order valence-corrected chi connectivity index (χ3v) is 4.50. The van der Waals surface area contributed by atoms with E-state index in [-0.39, 0.29) is 5.91 Å². The van der Waals surface area contributed by atoms with Crippen LogP contribution in [0, 0.1) is 0 Å². The van der Waals surface area contributed by atoms with E-state index >= 15 is 0 Å². The Morgan fingerprint density at radius 3 is 2.58 bits per heavy atom. The second-order valence-corrected chi connectivity index (χ2v) is 7.03. The maximum absolute atomic E-state index is 12.3. The Bertz CT molecular complexity index is 885. The predicted octanol–water partition coefficient (Wildman–Crippen LogP) is 4.37. The van der Waals surface area contributed by atoms with Crippen LogP contribution in [-0.2, 0) is 17.9 Å². The molecule has 3 aromatic rings. The third kappa shape index (κ3) is 5.17. The zero-order valence-electron chi connectivity index (χ0n) is 14.5. The molecule has 1 heterocycles. The summed E-state index contributed by atoms with van der Waals surface area (Å²) in [6, 6.07) is 18.1. The summed E-state index contributed by atoms with van der Waals surface area (Å²) in [5.74, 6) is -0.0382. The number of carbonyl (C=O) groups excluding carboxylic acids is 1. The number of hydrogen-bond acceptors (Lipinski definition) is 2. The molecular weight excluding hydrogens is 390 g/mol. The molecule has 0 saturated carbocycles. The van der Waals surface area contributed by atoms with Gasteiger partial charge in [-0.1, -0.05) is 58.4 Å². The molecule has 0 aliphatic heterocycles. The lowest BCUT2D eigenvalue weighted by molar-refractivity contribution is -0.125. The molecule has 0 radical (unpaired) electrons. The summed E-state index contributed by atoms with van der Waals surface area (Å²) < 4.78 is 2.90. The molecule has 132 valence electrons. The van der Waals surface area contributed by atoms with E-state index in [0.717, 1.165) is 15.6 Å². The fourth-order valence-corrected chi connectivity index (χ4v) is 2.82. The normalized spacial score (nSPS) is 11.0. The molecule has 0 saturated heterocycles. The highest BCUT2D eigenvalue weighted by molar-refractivity contribution is 9.10. The summed E-state index contributed by atoms with van der Waals surface area (Å²) >= 11 is 3.41. The van der Waals surface area contributed by atoms with E-state index in [1.165, 1.54) is 5.56 Å². The van der Waals surface area contributed by atoms with Gasteiger partial charge in [-0.3, -0.25) is 9.48 Å². The molecule has 0 unspecified atom stereocenters. The van der Waals surface area contributed by atoms with Gasteiger partial charge in [-0.25, -0.2) is 0 Å². The molecule has 5 heteroatoms. The molecule has 0 aliphatic rings. The monoisotopic (exact) mass is 409 g/mol. The molecule has 0 spiro atoms. The van der Waals surface area contributed by atoms with Crippen LogP contribution in [-0.4, -0.2) is 27.6 Å². The van der Waals surface area contributed by atoms with Crippen molar-refractivity contribution in [2.24, 2.45) is 0 Å². The van der Waals surface area contributed by atoms with Crippen molar-refractivity contribution >= 4 is 27.9 Å². The minimum absolute atomic E-state index is 0.0382. The highest BCUT2D eigenvalue weighted by atomic mass is 79.9. The Morgan fingerprint density at radius 1 is 1.12 bits per heavy atom. The summed E-state index contributed by atoms with van der Waals surface area (Å²) in [5, 5.41) is 4.35. The number of benzene rings is 2. The maximum atomic E-state index is 12.3. The zero-order chi connectivity index (χ0) is 18.4. The summed E-state index contributed by atoms with van der Waals surface area (Å²) in [6.45, 7) is 1.29. The lowest BCUT2D eigenvalue weighted by Gasteiger charge is -2.15. The summed E-state index contributed by atoms with van der Waals surface area (Å²) in [7, 11) is 1.80. The van der Waals surface area contributed by atoms with Gasteiger partial charge >= 0.3 is 0 Å². The number of amides is 1. The van der Waals surface area contributed by atoms with Crippen LogP contribution < -0.4 is 0 Å². The minimum atomic E-state index is -0.0382. The Labute approximate surface area is 161 Å². The molecule has 4 nitrogen and oxygen atoms in total. The van der Waals surface area contributed by atoms with E-state index in [1.807, 2.05) is 53.3 Å². The van der Waals surface area contributed by atoms with Gasteiger partial charge in [0.1, 0.15) is 0 Å². The van der Waals surface area contributed by atoms with Crippen LogP contribution in [0.25, 0.3) is 6.08 Å². The molecule has 3 rings (SSSR count). The fraction of sp³-hybridized carbons (Fsp3) is 0.143. The topological polar surface area (TPSA) is 38.1 Å². The smallest absolute Gasteiger partial charge is 0.246 e. The number of nitrogens with zero attached hydrogens (tertiary/aromatic N) is 3. The first-order chi connectivity index (χ1) is 12.6. The molecule has 26 heavy (non-hydrogen) atoms. The number of carbonyl (C=O) groups is 1. The van der Waals surface area contributed by atoms with Gasteiger partial charge in [0.2, 0.25) is 5.91 Å².